The Hall–Kier alpha value is -1.56. The highest BCUT2D eigenvalue weighted by molar-refractivity contribution is 5.52. The third-order valence-corrected chi connectivity index (χ3v) is 3.28. The van der Waals surface area contributed by atoms with Crippen LogP contribution >= 0.6 is 0 Å². The summed E-state index contributed by atoms with van der Waals surface area (Å²) in [4.78, 5) is 10.8. The Labute approximate surface area is 114 Å². The van der Waals surface area contributed by atoms with Crippen LogP contribution in [0.1, 0.15) is 26.7 Å². The van der Waals surface area contributed by atoms with Crippen LogP contribution in [-0.4, -0.2) is 35.6 Å². The van der Waals surface area contributed by atoms with Crippen molar-refractivity contribution in [2.45, 2.75) is 32.7 Å². The summed E-state index contributed by atoms with van der Waals surface area (Å²) in [6.07, 6.45) is 2.00. The van der Waals surface area contributed by atoms with E-state index in [0.717, 1.165) is 44.1 Å². The average molecular weight is 264 g/mol. The highest BCUT2D eigenvalue weighted by atomic mass is 15.2. The Morgan fingerprint density at radius 1 is 1.37 bits per heavy atom. The number of nitrogens with two attached hydrogens (primary N) is 2. The van der Waals surface area contributed by atoms with Crippen LogP contribution in [0.15, 0.2) is 6.07 Å². The maximum atomic E-state index is 5.92. The maximum Gasteiger partial charge on any atom is 0.223 e. The lowest BCUT2D eigenvalue weighted by molar-refractivity contribution is 0.498. The molecule has 0 bridgehead atoms. The number of anilines is 3. The lowest BCUT2D eigenvalue weighted by Crippen LogP contribution is -2.40. The first-order valence-electron chi connectivity index (χ1n) is 6.93. The number of nitrogens with zero attached hydrogens (tertiary/aromatic N) is 3. The maximum absolute atomic E-state index is 5.92. The first-order valence-corrected chi connectivity index (χ1v) is 6.93. The zero-order chi connectivity index (χ0) is 13.8. The Kier molecular flexibility index (Phi) is 4.42. The molecule has 1 fully saturated rings. The van der Waals surface area contributed by atoms with Gasteiger partial charge in [-0.25, -0.2) is 0 Å². The van der Waals surface area contributed by atoms with Gasteiger partial charge in [0.1, 0.15) is 11.6 Å². The second-order valence-electron chi connectivity index (χ2n) is 5.57. The quantitative estimate of drug-likeness (QED) is 0.753. The van der Waals surface area contributed by atoms with Gasteiger partial charge in [0.05, 0.1) is 0 Å². The summed E-state index contributed by atoms with van der Waals surface area (Å²) in [6.45, 7) is 7.05. The number of hydrogen-bond acceptors (Lipinski definition) is 6. The van der Waals surface area contributed by atoms with Crippen molar-refractivity contribution < 1.29 is 0 Å². The Balaban J connectivity index is 2.07. The fraction of sp³-hybridized carbons (Fsp3) is 0.692. The van der Waals surface area contributed by atoms with Crippen LogP contribution in [0, 0.1) is 5.92 Å². The third-order valence-electron chi connectivity index (χ3n) is 3.28. The molecule has 0 radical (unpaired) electrons. The number of nitrogens with one attached hydrogen (secondary N) is 1. The van der Waals surface area contributed by atoms with Crippen molar-refractivity contribution >= 4 is 17.6 Å². The van der Waals surface area contributed by atoms with E-state index in [-0.39, 0.29) is 0 Å². The number of aromatic nitrogens is 2. The van der Waals surface area contributed by atoms with Gasteiger partial charge in [-0.1, -0.05) is 13.8 Å². The molecule has 106 valence electrons. The van der Waals surface area contributed by atoms with Crippen LogP contribution in [0.25, 0.3) is 0 Å². The lowest BCUT2D eigenvalue weighted by Gasteiger charge is -2.31. The Morgan fingerprint density at radius 3 is 2.68 bits per heavy atom. The van der Waals surface area contributed by atoms with Crippen LogP contribution in [0.3, 0.4) is 0 Å². The molecule has 6 heteroatoms. The van der Waals surface area contributed by atoms with Gasteiger partial charge in [0, 0.05) is 31.7 Å². The molecule has 2 rings (SSSR count). The SMILES string of the molecule is CC(C)CNc1cc(N2CCC(N)CC2)nc(N)n1. The van der Waals surface area contributed by atoms with Crippen molar-refractivity contribution in [1.82, 2.24) is 9.97 Å². The molecular formula is C13H24N6. The van der Waals surface area contributed by atoms with Crippen LogP contribution < -0.4 is 21.7 Å². The second-order valence-corrected chi connectivity index (χ2v) is 5.57. The summed E-state index contributed by atoms with van der Waals surface area (Å²) in [6, 6.07) is 2.28. The minimum absolute atomic E-state index is 0.314. The monoisotopic (exact) mass is 264 g/mol. The third kappa shape index (κ3) is 3.96. The van der Waals surface area contributed by atoms with Gasteiger partial charge in [-0.15, -0.1) is 0 Å². The van der Waals surface area contributed by atoms with Crippen molar-refractivity contribution in [3.63, 3.8) is 0 Å². The molecule has 6 nitrogen and oxygen atoms in total. The zero-order valence-electron chi connectivity index (χ0n) is 11.8. The molecule has 0 atom stereocenters. The summed E-state index contributed by atoms with van der Waals surface area (Å²) in [7, 11) is 0. The molecule has 0 spiro atoms. The van der Waals surface area contributed by atoms with Crippen molar-refractivity contribution in [2.75, 3.05) is 35.6 Å². The smallest absolute Gasteiger partial charge is 0.223 e. The number of nitrogen functional groups attached to an aromatic ring is 1. The number of piperidine rings is 1. The normalized spacial score (nSPS) is 16.9. The van der Waals surface area contributed by atoms with Gasteiger partial charge in [-0.3, -0.25) is 0 Å². The zero-order valence-corrected chi connectivity index (χ0v) is 11.8. The topological polar surface area (TPSA) is 93.1 Å². The molecule has 1 aromatic heterocycles. The van der Waals surface area contributed by atoms with Gasteiger partial charge >= 0.3 is 0 Å². The minimum atomic E-state index is 0.314. The van der Waals surface area contributed by atoms with Gasteiger partial charge < -0.3 is 21.7 Å². The molecule has 2 heterocycles. The Bertz CT molecular complexity index is 412. The van der Waals surface area contributed by atoms with Gasteiger partial charge in [0.2, 0.25) is 5.95 Å². The first kappa shape index (κ1) is 13.9. The molecule has 1 saturated heterocycles. The largest absolute Gasteiger partial charge is 0.370 e. The van der Waals surface area contributed by atoms with Gasteiger partial charge in [0.15, 0.2) is 0 Å². The predicted octanol–water partition coefficient (Wildman–Crippen LogP) is 1.05. The molecule has 0 unspecified atom stereocenters. The van der Waals surface area contributed by atoms with E-state index in [0.29, 0.717) is 17.9 Å². The van der Waals surface area contributed by atoms with Crippen molar-refractivity contribution in [3.8, 4) is 0 Å². The standard InChI is InChI=1S/C13H24N6/c1-9(2)8-16-11-7-12(18-13(15)17-11)19-5-3-10(14)4-6-19/h7,9-10H,3-6,8,14H2,1-2H3,(H3,15,16,17,18). The minimum Gasteiger partial charge on any atom is -0.370 e. The molecule has 19 heavy (non-hydrogen) atoms. The molecule has 1 aromatic rings. The fourth-order valence-electron chi connectivity index (χ4n) is 2.14. The van der Waals surface area contributed by atoms with E-state index in [4.69, 9.17) is 11.5 Å². The first-order chi connectivity index (χ1) is 9.04. The van der Waals surface area contributed by atoms with Gasteiger partial charge in [-0.05, 0) is 18.8 Å². The van der Waals surface area contributed by atoms with E-state index in [1.807, 2.05) is 6.07 Å². The van der Waals surface area contributed by atoms with E-state index in [2.05, 4.69) is 34.0 Å². The molecular weight excluding hydrogens is 240 g/mol. The fourth-order valence-corrected chi connectivity index (χ4v) is 2.14. The van der Waals surface area contributed by atoms with E-state index in [1.54, 1.807) is 0 Å². The molecule has 0 aromatic carbocycles. The number of hydrogen-bond donors (Lipinski definition) is 3. The summed E-state index contributed by atoms with van der Waals surface area (Å²) >= 11 is 0. The second kappa shape index (κ2) is 6.06. The summed E-state index contributed by atoms with van der Waals surface area (Å²) in [5.74, 6) is 2.57. The van der Waals surface area contributed by atoms with Crippen LogP contribution in [-0.2, 0) is 0 Å². The number of rotatable bonds is 4. The molecule has 0 aliphatic carbocycles. The summed E-state index contributed by atoms with van der Waals surface area (Å²) < 4.78 is 0. The van der Waals surface area contributed by atoms with E-state index in [1.165, 1.54) is 0 Å². The molecule has 1 aliphatic heterocycles. The van der Waals surface area contributed by atoms with Gasteiger partial charge in [-0.2, -0.15) is 9.97 Å². The highest BCUT2D eigenvalue weighted by Crippen LogP contribution is 2.20. The summed E-state index contributed by atoms with van der Waals surface area (Å²) in [5.41, 5.74) is 11.7. The average Bonchev–Trinajstić information content (AvgIpc) is 2.36. The molecule has 5 N–H and O–H groups in total. The van der Waals surface area contributed by atoms with Crippen molar-refractivity contribution in [1.29, 1.82) is 0 Å². The lowest BCUT2D eigenvalue weighted by atomic mass is 10.1. The van der Waals surface area contributed by atoms with Crippen LogP contribution in [0.4, 0.5) is 17.6 Å². The molecule has 0 amide bonds. The van der Waals surface area contributed by atoms with E-state index < -0.39 is 0 Å². The highest BCUT2D eigenvalue weighted by Gasteiger charge is 2.18. The van der Waals surface area contributed by atoms with Gasteiger partial charge in [0.25, 0.3) is 0 Å². The summed E-state index contributed by atoms with van der Waals surface area (Å²) in [5, 5.41) is 3.29. The van der Waals surface area contributed by atoms with E-state index in [9.17, 15) is 0 Å². The predicted molar refractivity (Wildman–Crippen MR) is 79.2 cm³/mol. The molecule has 1 aliphatic rings. The Morgan fingerprint density at radius 2 is 2.05 bits per heavy atom. The van der Waals surface area contributed by atoms with E-state index >= 15 is 0 Å². The van der Waals surface area contributed by atoms with Crippen LogP contribution in [0.2, 0.25) is 0 Å². The molecule has 0 saturated carbocycles. The van der Waals surface area contributed by atoms with Crippen LogP contribution in [0.5, 0.6) is 0 Å². The van der Waals surface area contributed by atoms with Crippen molar-refractivity contribution in [2.24, 2.45) is 11.7 Å². The van der Waals surface area contributed by atoms with Crippen molar-refractivity contribution in [3.05, 3.63) is 6.07 Å².